The average Bonchev–Trinajstić information content (AvgIpc) is 2.34. The van der Waals surface area contributed by atoms with Crippen molar-refractivity contribution in [2.75, 3.05) is 0 Å². The van der Waals surface area contributed by atoms with Crippen molar-refractivity contribution in [1.29, 1.82) is 0 Å². The van der Waals surface area contributed by atoms with E-state index in [9.17, 15) is 15.2 Å². The fourth-order valence-corrected chi connectivity index (χ4v) is 2.53. The van der Waals surface area contributed by atoms with Crippen LogP contribution < -0.4 is 0 Å². The van der Waals surface area contributed by atoms with E-state index in [0.29, 0.717) is 10.5 Å². The normalized spacial score (nSPS) is 10.3. The third-order valence-corrected chi connectivity index (χ3v) is 3.76. The van der Waals surface area contributed by atoms with Crippen LogP contribution in [0.3, 0.4) is 0 Å². The highest BCUT2D eigenvalue weighted by atomic mass is 32.2. The van der Waals surface area contributed by atoms with Gasteiger partial charge < -0.3 is 5.11 Å². The first kappa shape index (κ1) is 12.4. The maximum Gasteiger partial charge on any atom is 0.273 e. The molecule has 1 N–H and O–H groups in total. The molecule has 0 heterocycles. The molecule has 0 atom stereocenters. The van der Waals surface area contributed by atoms with Gasteiger partial charge >= 0.3 is 0 Å². The monoisotopic (exact) mass is 261 g/mol. The fraction of sp³-hybridized carbons (Fsp3) is 0.0769. The Labute approximate surface area is 108 Å². The number of benzene rings is 2. The van der Waals surface area contributed by atoms with Gasteiger partial charge in [0, 0.05) is 16.5 Å². The lowest BCUT2D eigenvalue weighted by atomic mass is 10.2. The molecule has 0 aliphatic heterocycles. The molecule has 0 unspecified atom stereocenters. The molecule has 18 heavy (non-hydrogen) atoms. The third-order valence-electron chi connectivity index (χ3n) is 2.54. The number of nitro benzene ring substituents is 1. The smallest absolute Gasteiger partial charge is 0.273 e. The van der Waals surface area contributed by atoms with E-state index in [1.54, 1.807) is 37.3 Å². The molecule has 5 heteroatoms. The van der Waals surface area contributed by atoms with Crippen LogP contribution in [-0.4, -0.2) is 10.0 Å². The van der Waals surface area contributed by atoms with Gasteiger partial charge in [-0.25, -0.2) is 0 Å². The van der Waals surface area contributed by atoms with Gasteiger partial charge in [-0.3, -0.25) is 10.1 Å². The average molecular weight is 261 g/mol. The van der Waals surface area contributed by atoms with Crippen LogP contribution in [0.4, 0.5) is 5.69 Å². The van der Waals surface area contributed by atoms with Gasteiger partial charge in [0.1, 0.15) is 5.75 Å². The summed E-state index contributed by atoms with van der Waals surface area (Å²) in [6.07, 6.45) is 0. The van der Waals surface area contributed by atoms with E-state index in [1.807, 2.05) is 6.07 Å². The highest BCUT2D eigenvalue weighted by Crippen LogP contribution is 2.37. The van der Waals surface area contributed by atoms with Crippen molar-refractivity contribution in [1.82, 2.24) is 0 Å². The fourth-order valence-electron chi connectivity index (χ4n) is 1.57. The molecule has 0 aliphatic rings. The van der Waals surface area contributed by atoms with E-state index >= 15 is 0 Å². The van der Waals surface area contributed by atoms with Crippen molar-refractivity contribution < 1.29 is 10.0 Å². The van der Waals surface area contributed by atoms with E-state index in [4.69, 9.17) is 0 Å². The molecule has 92 valence electrons. The Morgan fingerprint density at radius 1 is 1.11 bits per heavy atom. The van der Waals surface area contributed by atoms with Gasteiger partial charge in [0.2, 0.25) is 0 Å². The summed E-state index contributed by atoms with van der Waals surface area (Å²) in [5.74, 6) is 0.174. The van der Waals surface area contributed by atoms with E-state index < -0.39 is 4.92 Å². The van der Waals surface area contributed by atoms with E-state index in [1.165, 1.54) is 17.8 Å². The summed E-state index contributed by atoms with van der Waals surface area (Å²) in [5, 5.41) is 20.5. The number of rotatable bonds is 3. The Morgan fingerprint density at radius 2 is 1.78 bits per heavy atom. The Balaban J connectivity index is 2.39. The third kappa shape index (κ3) is 2.46. The minimum atomic E-state index is -0.399. The first-order valence-corrected chi connectivity index (χ1v) is 6.11. The summed E-state index contributed by atoms with van der Waals surface area (Å²) in [4.78, 5) is 11.9. The van der Waals surface area contributed by atoms with E-state index in [2.05, 4.69) is 0 Å². The molecule has 2 aromatic carbocycles. The molecule has 0 saturated carbocycles. The van der Waals surface area contributed by atoms with Gasteiger partial charge in [-0.15, -0.1) is 0 Å². The van der Waals surface area contributed by atoms with Crippen LogP contribution in [0.1, 0.15) is 5.56 Å². The second-order valence-electron chi connectivity index (χ2n) is 3.73. The van der Waals surface area contributed by atoms with Gasteiger partial charge in [0.05, 0.1) is 9.82 Å². The molecule has 2 rings (SSSR count). The second kappa shape index (κ2) is 5.10. The molecule has 0 radical (unpaired) electrons. The Morgan fingerprint density at radius 3 is 2.44 bits per heavy atom. The molecule has 0 aliphatic carbocycles. The number of hydrogen-bond donors (Lipinski definition) is 1. The quantitative estimate of drug-likeness (QED) is 0.675. The number of aromatic hydroxyl groups is 1. The van der Waals surface area contributed by atoms with Crippen molar-refractivity contribution in [2.45, 2.75) is 16.7 Å². The van der Waals surface area contributed by atoms with E-state index in [0.717, 1.165) is 4.90 Å². The number of phenolic OH excluding ortho intramolecular Hbond substituents is 1. The van der Waals surface area contributed by atoms with Crippen molar-refractivity contribution in [2.24, 2.45) is 0 Å². The lowest BCUT2D eigenvalue weighted by Gasteiger charge is -2.07. The number of nitro groups is 1. The van der Waals surface area contributed by atoms with Crippen molar-refractivity contribution in [3.8, 4) is 5.75 Å². The van der Waals surface area contributed by atoms with Crippen LogP contribution >= 0.6 is 11.8 Å². The van der Waals surface area contributed by atoms with Crippen molar-refractivity contribution in [3.05, 3.63) is 58.1 Å². The summed E-state index contributed by atoms with van der Waals surface area (Å²) in [6, 6.07) is 11.8. The minimum absolute atomic E-state index is 0.0930. The van der Waals surface area contributed by atoms with Crippen molar-refractivity contribution in [3.63, 3.8) is 0 Å². The summed E-state index contributed by atoms with van der Waals surface area (Å²) in [5.41, 5.74) is 0.700. The van der Waals surface area contributed by atoms with Crippen LogP contribution in [0.2, 0.25) is 0 Å². The molecule has 0 bridgehead atoms. The SMILES string of the molecule is Cc1c(Sc2ccccc2O)cccc1[N+](=O)[O-]. The Kier molecular flexibility index (Phi) is 3.53. The Hall–Kier alpha value is -2.01. The van der Waals surface area contributed by atoms with E-state index in [-0.39, 0.29) is 11.4 Å². The number of hydrogen-bond acceptors (Lipinski definition) is 4. The molecule has 2 aromatic rings. The van der Waals surface area contributed by atoms with Gasteiger partial charge in [0.25, 0.3) is 5.69 Å². The molecule has 0 amide bonds. The molecule has 4 nitrogen and oxygen atoms in total. The highest BCUT2D eigenvalue weighted by Gasteiger charge is 2.14. The molecular weight excluding hydrogens is 250 g/mol. The highest BCUT2D eigenvalue weighted by molar-refractivity contribution is 7.99. The number of nitrogens with zero attached hydrogens (tertiary/aromatic N) is 1. The zero-order valence-electron chi connectivity index (χ0n) is 9.66. The molecule has 0 saturated heterocycles. The largest absolute Gasteiger partial charge is 0.507 e. The molecule has 0 spiro atoms. The Bertz CT molecular complexity index is 599. The molecule has 0 aromatic heterocycles. The first-order valence-electron chi connectivity index (χ1n) is 5.29. The maximum atomic E-state index is 10.8. The topological polar surface area (TPSA) is 63.4 Å². The van der Waals surface area contributed by atoms with Gasteiger partial charge in [-0.1, -0.05) is 30.0 Å². The van der Waals surface area contributed by atoms with Crippen LogP contribution in [0.25, 0.3) is 0 Å². The number of para-hydroxylation sites is 1. The standard InChI is InChI=1S/C13H11NO3S/c1-9-10(14(16)17)5-4-8-12(9)18-13-7-3-2-6-11(13)15/h2-8,15H,1H3. The predicted octanol–water partition coefficient (Wildman–Crippen LogP) is 3.76. The zero-order valence-corrected chi connectivity index (χ0v) is 10.5. The van der Waals surface area contributed by atoms with Crippen LogP contribution in [0.5, 0.6) is 5.75 Å². The summed E-state index contributed by atoms with van der Waals surface area (Å²) < 4.78 is 0. The first-order chi connectivity index (χ1) is 8.59. The summed E-state index contributed by atoms with van der Waals surface area (Å²) >= 11 is 1.32. The molecular formula is C13H11NO3S. The zero-order chi connectivity index (χ0) is 13.1. The van der Waals surface area contributed by atoms with Crippen molar-refractivity contribution >= 4 is 17.4 Å². The minimum Gasteiger partial charge on any atom is -0.507 e. The van der Waals surface area contributed by atoms with Crippen LogP contribution in [-0.2, 0) is 0 Å². The maximum absolute atomic E-state index is 10.8. The second-order valence-corrected chi connectivity index (χ2v) is 4.81. The summed E-state index contributed by atoms with van der Waals surface area (Å²) in [6.45, 7) is 1.71. The summed E-state index contributed by atoms with van der Waals surface area (Å²) in [7, 11) is 0. The number of phenols is 1. The van der Waals surface area contributed by atoms with Crippen LogP contribution in [0, 0.1) is 17.0 Å². The lowest BCUT2D eigenvalue weighted by molar-refractivity contribution is -0.385. The van der Waals surface area contributed by atoms with Gasteiger partial charge in [-0.05, 0) is 25.1 Å². The lowest BCUT2D eigenvalue weighted by Crippen LogP contribution is -1.92. The van der Waals surface area contributed by atoms with Gasteiger partial charge in [0.15, 0.2) is 0 Å². The predicted molar refractivity (Wildman–Crippen MR) is 70.1 cm³/mol. The van der Waals surface area contributed by atoms with Gasteiger partial charge in [-0.2, -0.15) is 0 Å². The molecule has 0 fully saturated rings. The van der Waals surface area contributed by atoms with Crippen LogP contribution in [0.15, 0.2) is 52.3 Å².